The zero-order valence-corrected chi connectivity index (χ0v) is 11.9. The number of hydrogen-bond donors (Lipinski definition) is 1. The number of fused-ring (bicyclic) bond motifs is 1. The molecule has 108 valence electrons. The van der Waals surface area contributed by atoms with Gasteiger partial charge in [0.15, 0.2) is 0 Å². The summed E-state index contributed by atoms with van der Waals surface area (Å²) < 4.78 is 13.0. The molecular formula is C17H17FN2O. The fourth-order valence-electron chi connectivity index (χ4n) is 2.66. The second kappa shape index (κ2) is 5.56. The molecule has 2 aromatic carbocycles. The number of benzene rings is 2. The lowest BCUT2D eigenvalue weighted by Crippen LogP contribution is -2.30. The van der Waals surface area contributed by atoms with Gasteiger partial charge in [0.1, 0.15) is 5.82 Å². The van der Waals surface area contributed by atoms with E-state index in [1.54, 1.807) is 17.0 Å². The van der Waals surface area contributed by atoms with Gasteiger partial charge in [-0.05, 0) is 61.4 Å². The van der Waals surface area contributed by atoms with Gasteiger partial charge in [0, 0.05) is 30.0 Å². The zero-order chi connectivity index (χ0) is 14.8. The van der Waals surface area contributed by atoms with Crippen molar-refractivity contribution < 1.29 is 9.18 Å². The van der Waals surface area contributed by atoms with E-state index in [0.717, 1.165) is 18.7 Å². The molecule has 21 heavy (non-hydrogen) atoms. The predicted molar refractivity (Wildman–Crippen MR) is 82.4 cm³/mol. The van der Waals surface area contributed by atoms with Gasteiger partial charge in [-0.15, -0.1) is 0 Å². The van der Waals surface area contributed by atoms with Crippen molar-refractivity contribution in [3.63, 3.8) is 0 Å². The van der Waals surface area contributed by atoms with E-state index >= 15 is 0 Å². The molecule has 0 saturated heterocycles. The lowest BCUT2D eigenvalue weighted by Gasteiger charge is -2.21. The Labute approximate surface area is 123 Å². The summed E-state index contributed by atoms with van der Waals surface area (Å²) in [6.45, 7) is 3.37. The Bertz CT molecular complexity index is 667. The third kappa shape index (κ3) is 2.61. The first-order chi connectivity index (χ1) is 10.2. The number of hydrogen-bond acceptors (Lipinski definition) is 2. The fourth-order valence-corrected chi connectivity index (χ4v) is 2.66. The first kappa shape index (κ1) is 13.6. The van der Waals surface area contributed by atoms with E-state index in [2.05, 4.69) is 5.32 Å². The Hall–Kier alpha value is -2.36. The highest BCUT2D eigenvalue weighted by atomic mass is 19.1. The van der Waals surface area contributed by atoms with Crippen molar-refractivity contribution in [3.8, 4) is 0 Å². The van der Waals surface area contributed by atoms with Crippen molar-refractivity contribution in [3.05, 3.63) is 59.4 Å². The summed E-state index contributed by atoms with van der Waals surface area (Å²) >= 11 is 0. The molecular weight excluding hydrogens is 267 g/mol. The van der Waals surface area contributed by atoms with Crippen molar-refractivity contribution in [2.24, 2.45) is 0 Å². The molecule has 0 bridgehead atoms. The quantitative estimate of drug-likeness (QED) is 0.936. The van der Waals surface area contributed by atoms with E-state index in [4.69, 9.17) is 0 Å². The topological polar surface area (TPSA) is 32.3 Å². The Morgan fingerprint density at radius 2 is 2.00 bits per heavy atom. The summed E-state index contributed by atoms with van der Waals surface area (Å²) in [4.78, 5) is 14.3. The molecule has 0 saturated carbocycles. The maximum Gasteiger partial charge on any atom is 0.258 e. The van der Waals surface area contributed by atoms with Crippen molar-refractivity contribution in [2.75, 3.05) is 23.3 Å². The van der Waals surface area contributed by atoms with E-state index in [9.17, 15) is 9.18 Å². The highest BCUT2D eigenvalue weighted by Crippen LogP contribution is 2.25. The minimum atomic E-state index is -0.300. The summed E-state index contributed by atoms with van der Waals surface area (Å²) in [5, 5.41) is 3.28. The van der Waals surface area contributed by atoms with Crippen molar-refractivity contribution in [2.45, 2.75) is 13.3 Å². The molecule has 1 heterocycles. The molecule has 0 atom stereocenters. The van der Waals surface area contributed by atoms with Gasteiger partial charge in [0.25, 0.3) is 5.91 Å². The van der Waals surface area contributed by atoms with Crippen molar-refractivity contribution in [1.29, 1.82) is 0 Å². The minimum Gasteiger partial charge on any atom is -0.384 e. The van der Waals surface area contributed by atoms with Gasteiger partial charge in [-0.1, -0.05) is 0 Å². The standard InChI is InChI=1S/C17H17FN2O/c1-2-20(15-6-4-14(18)5-7-15)17(21)13-3-8-16-12(11-13)9-10-19-16/h3-8,11,19H,2,9-10H2,1H3. The average molecular weight is 284 g/mol. The lowest BCUT2D eigenvalue weighted by molar-refractivity contribution is 0.0988. The highest BCUT2D eigenvalue weighted by molar-refractivity contribution is 6.06. The monoisotopic (exact) mass is 284 g/mol. The average Bonchev–Trinajstić information content (AvgIpc) is 2.97. The second-order valence-corrected chi connectivity index (χ2v) is 5.07. The van der Waals surface area contributed by atoms with Gasteiger partial charge in [-0.25, -0.2) is 4.39 Å². The van der Waals surface area contributed by atoms with E-state index in [1.165, 1.54) is 17.7 Å². The molecule has 3 nitrogen and oxygen atoms in total. The summed E-state index contributed by atoms with van der Waals surface area (Å²) in [5.74, 6) is -0.357. The molecule has 0 fully saturated rings. The van der Waals surface area contributed by atoms with E-state index in [1.807, 2.05) is 25.1 Å². The Kier molecular flexibility index (Phi) is 3.60. The van der Waals surface area contributed by atoms with E-state index in [0.29, 0.717) is 17.8 Å². The first-order valence-electron chi connectivity index (χ1n) is 7.13. The molecule has 1 aliphatic rings. The molecule has 0 spiro atoms. The molecule has 4 heteroatoms. The van der Waals surface area contributed by atoms with Gasteiger partial charge in [-0.2, -0.15) is 0 Å². The number of amides is 1. The van der Waals surface area contributed by atoms with Crippen LogP contribution in [0.1, 0.15) is 22.8 Å². The van der Waals surface area contributed by atoms with Gasteiger partial charge in [0.05, 0.1) is 0 Å². The minimum absolute atomic E-state index is 0.0567. The van der Waals surface area contributed by atoms with Gasteiger partial charge < -0.3 is 10.2 Å². The van der Waals surface area contributed by atoms with Crippen LogP contribution in [0.5, 0.6) is 0 Å². The molecule has 3 rings (SSSR count). The molecule has 0 radical (unpaired) electrons. The number of carbonyl (C=O) groups is 1. The third-order valence-electron chi connectivity index (χ3n) is 3.76. The van der Waals surface area contributed by atoms with Crippen LogP contribution in [0, 0.1) is 5.82 Å². The lowest BCUT2D eigenvalue weighted by atomic mass is 10.1. The Morgan fingerprint density at radius 1 is 1.24 bits per heavy atom. The van der Waals surface area contributed by atoms with E-state index < -0.39 is 0 Å². The van der Waals surface area contributed by atoms with Crippen LogP contribution in [-0.4, -0.2) is 19.0 Å². The fraction of sp³-hybridized carbons (Fsp3) is 0.235. The second-order valence-electron chi connectivity index (χ2n) is 5.07. The van der Waals surface area contributed by atoms with Crippen LogP contribution in [0.3, 0.4) is 0 Å². The third-order valence-corrected chi connectivity index (χ3v) is 3.76. The highest BCUT2D eigenvalue weighted by Gasteiger charge is 2.18. The summed E-state index contributed by atoms with van der Waals surface area (Å²) in [7, 11) is 0. The maximum absolute atomic E-state index is 13.0. The summed E-state index contributed by atoms with van der Waals surface area (Å²) in [6.07, 6.45) is 0.944. The van der Waals surface area contributed by atoms with Crippen LogP contribution >= 0.6 is 0 Å². The van der Waals surface area contributed by atoms with E-state index in [-0.39, 0.29) is 11.7 Å². The molecule has 0 aromatic heterocycles. The van der Waals surface area contributed by atoms with Crippen LogP contribution in [0.25, 0.3) is 0 Å². The maximum atomic E-state index is 13.0. The van der Waals surface area contributed by atoms with Gasteiger partial charge >= 0.3 is 0 Å². The number of carbonyl (C=O) groups excluding carboxylic acids is 1. The number of halogens is 1. The Balaban J connectivity index is 1.90. The van der Waals surface area contributed by atoms with Crippen LogP contribution in [0.4, 0.5) is 15.8 Å². The number of rotatable bonds is 3. The van der Waals surface area contributed by atoms with Gasteiger partial charge in [0.2, 0.25) is 0 Å². The molecule has 0 aliphatic carbocycles. The first-order valence-corrected chi connectivity index (χ1v) is 7.13. The van der Waals surface area contributed by atoms with Gasteiger partial charge in [-0.3, -0.25) is 4.79 Å². The largest absolute Gasteiger partial charge is 0.384 e. The number of nitrogens with one attached hydrogen (secondary N) is 1. The zero-order valence-electron chi connectivity index (χ0n) is 11.9. The number of anilines is 2. The van der Waals surface area contributed by atoms with Crippen LogP contribution in [0.15, 0.2) is 42.5 Å². The SMILES string of the molecule is CCN(C(=O)c1ccc2c(c1)CCN2)c1ccc(F)cc1. The summed E-state index contributed by atoms with van der Waals surface area (Å²) in [5.41, 5.74) is 3.67. The molecule has 1 aliphatic heterocycles. The molecule has 1 amide bonds. The smallest absolute Gasteiger partial charge is 0.258 e. The molecule has 1 N–H and O–H groups in total. The van der Waals surface area contributed by atoms with Crippen LogP contribution < -0.4 is 10.2 Å². The summed E-state index contributed by atoms with van der Waals surface area (Å²) in [6, 6.07) is 11.7. The van der Waals surface area contributed by atoms with Crippen molar-refractivity contribution in [1.82, 2.24) is 0 Å². The molecule has 2 aromatic rings. The van der Waals surface area contributed by atoms with Crippen LogP contribution in [-0.2, 0) is 6.42 Å². The molecule has 0 unspecified atom stereocenters. The Morgan fingerprint density at radius 3 is 2.71 bits per heavy atom. The van der Waals surface area contributed by atoms with Crippen LogP contribution in [0.2, 0.25) is 0 Å². The van der Waals surface area contributed by atoms with Crippen molar-refractivity contribution >= 4 is 17.3 Å². The normalized spacial score (nSPS) is 12.7. The predicted octanol–water partition coefficient (Wildman–Crippen LogP) is 3.46. The number of nitrogens with zero attached hydrogens (tertiary/aromatic N) is 1.